The molecule has 7 rings (SSSR count). The van der Waals surface area contributed by atoms with E-state index in [1.807, 2.05) is 44.2 Å². The van der Waals surface area contributed by atoms with Crippen molar-refractivity contribution in [2.75, 3.05) is 32.1 Å². The predicted octanol–water partition coefficient (Wildman–Crippen LogP) is 15.0. The van der Waals surface area contributed by atoms with Gasteiger partial charge in [0.2, 0.25) is 15.7 Å². The second kappa shape index (κ2) is 29.6. The molecule has 2 amide bonds. The van der Waals surface area contributed by atoms with Gasteiger partial charge in [-0.3, -0.25) is 9.59 Å². The van der Waals surface area contributed by atoms with Gasteiger partial charge in [-0.1, -0.05) is 159 Å². The molecular formula is C66H90N4O9S3. The third kappa shape index (κ3) is 16.4. The smallest absolute Gasteiger partial charge is 0.333 e. The van der Waals surface area contributed by atoms with Gasteiger partial charge in [0, 0.05) is 90.6 Å². The summed E-state index contributed by atoms with van der Waals surface area (Å²) in [5.74, 6) is -1.68. The van der Waals surface area contributed by atoms with E-state index in [2.05, 4.69) is 66.7 Å². The lowest BCUT2D eigenvalue weighted by Gasteiger charge is -2.27. The molecule has 0 bridgehead atoms. The van der Waals surface area contributed by atoms with Crippen molar-refractivity contribution in [3.8, 4) is 0 Å². The normalized spacial score (nSPS) is 18.1. The Labute approximate surface area is 495 Å². The van der Waals surface area contributed by atoms with Crippen molar-refractivity contribution < 1.29 is 45.2 Å². The summed E-state index contributed by atoms with van der Waals surface area (Å²) >= 11 is 1.74. The number of carbonyl (C=O) groups excluding carboxylic acids is 3. The van der Waals surface area contributed by atoms with E-state index in [0.717, 1.165) is 87.9 Å². The Balaban J connectivity index is 1.14. The van der Waals surface area contributed by atoms with Crippen LogP contribution in [0.3, 0.4) is 0 Å². The molecule has 1 aliphatic carbocycles. The average molecular weight is 1180 g/mol. The molecule has 0 atom stereocenters. The van der Waals surface area contributed by atoms with Crippen LogP contribution in [0.5, 0.6) is 0 Å². The number of sulfonamides is 1. The summed E-state index contributed by atoms with van der Waals surface area (Å²) in [6.45, 7) is 12.1. The number of hydrogen-bond donors (Lipinski definition) is 0. The van der Waals surface area contributed by atoms with Gasteiger partial charge in [0.05, 0.1) is 15.2 Å². The topological polar surface area (TPSA) is 165 Å². The number of benzene rings is 3. The van der Waals surface area contributed by atoms with E-state index in [4.69, 9.17) is 4.84 Å². The van der Waals surface area contributed by atoms with E-state index < -0.39 is 48.8 Å². The maximum absolute atomic E-state index is 13.5. The highest BCUT2D eigenvalue weighted by Crippen LogP contribution is 2.50. The van der Waals surface area contributed by atoms with Crippen LogP contribution >= 0.6 is 11.8 Å². The number of anilines is 1. The Morgan fingerprint density at radius 1 is 0.683 bits per heavy atom. The molecule has 0 saturated carbocycles. The summed E-state index contributed by atoms with van der Waals surface area (Å²) in [5.41, 5.74) is 6.82. The maximum Gasteiger partial charge on any atom is 0.333 e. The summed E-state index contributed by atoms with van der Waals surface area (Å²) in [4.78, 5) is 46.2. The molecule has 3 heterocycles. The number of fused-ring (bicyclic) bond motifs is 2. The van der Waals surface area contributed by atoms with Crippen LogP contribution in [0, 0.1) is 0 Å². The van der Waals surface area contributed by atoms with Crippen molar-refractivity contribution in [1.82, 2.24) is 9.37 Å². The van der Waals surface area contributed by atoms with E-state index in [9.17, 15) is 35.8 Å². The molecule has 82 heavy (non-hydrogen) atoms. The number of hydrogen-bond acceptors (Lipinski definition) is 11. The summed E-state index contributed by atoms with van der Waals surface area (Å²) in [6.07, 6.45) is 34.2. The highest BCUT2D eigenvalue weighted by atomic mass is 32.2. The minimum Gasteiger partial charge on any atom is -0.744 e. The number of allylic oxidation sites excluding steroid dienone is 7. The number of nitrogens with zero attached hydrogens (tertiary/aromatic N) is 4. The number of hydroxylamine groups is 2. The van der Waals surface area contributed by atoms with Crippen molar-refractivity contribution >= 4 is 66.8 Å². The van der Waals surface area contributed by atoms with Crippen molar-refractivity contribution in [3.05, 3.63) is 124 Å². The molecule has 3 aromatic rings. The zero-order valence-electron chi connectivity index (χ0n) is 49.9. The lowest BCUT2D eigenvalue weighted by atomic mass is 9.81. The molecule has 0 spiro atoms. The van der Waals surface area contributed by atoms with Crippen molar-refractivity contribution in [2.24, 2.45) is 0 Å². The first kappa shape index (κ1) is 64.4. The lowest BCUT2D eigenvalue weighted by Crippen LogP contribution is -2.32. The molecular weight excluding hydrogens is 1090 g/mol. The Morgan fingerprint density at radius 3 is 1.88 bits per heavy atom. The lowest BCUT2D eigenvalue weighted by molar-refractivity contribution is -0.438. The number of imide groups is 1. The summed E-state index contributed by atoms with van der Waals surface area (Å²) in [6, 6.07) is 20.6. The van der Waals surface area contributed by atoms with E-state index in [-0.39, 0.29) is 29.1 Å². The van der Waals surface area contributed by atoms with Gasteiger partial charge in [-0.05, 0) is 118 Å². The van der Waals surface area contributed by atoms with Gasteiger partial charge < -0.3 is 14.3 Å². The van der Waals surface area contributed by atoms with Crippen LogP contribution in [0.25, 0.3) is 0 Å². The fraction of sp³-hybridized carbons (Fsp3) is 0.545. The fourth-order valence-electron chi connectivity index (χ4n) is 12.0. The van der Waals surface area contributed by atoms with Crippen molar-refractivity contribution in [3.63, 3.8) is 0 Å². The van der Waals surface area contributed by atoms with Gasteiger partial charge in [-0.15, -0.1) is 5.06 Å². The largest absolute Gasteiger partial charge is 0.744 e. The fourth-order valence-corrected chi connectivity index (χ4v) is 14.5. The molecule has 1 saturated heterocycles. The molecule has 446 valence electrons. The molecule has 0 unspecified atom stereocenters. The minimum absolute atomic E-state index is 0.0272. The van der Waals surface area contributed by atoms with Crippen molar-refractivity contribution in [1.29, 1.82) is 0 Å². The molecule has 0 radical (unpaired) electrons. The van der Waals surface area contributed by atoms with Crippen LogP contribution in [0.1, 0.15) is 206 Å². The van der Waals surface area contributed by atoms with Crippen LogP contribution in [-0.4, -0.2) is 86.0 Å². The second-order valence-corrected chi connectivity index (χ2v) is 28.5. The molecule has 0 aromatic heterocycles. The highest BCUT2D eigenvalue weighted by molar-refractivity contribution is 8.03. The van der Waals surface area contributed by atoms with E-state index in [0.29, 0.717) is 30.9 Å². The Morgan fingerprint density at radius 2 is 1.27 bits per heavy atom. The zero-order valence-corrected chi connectivity index (χ0v) is 52.4. The Hall–Kier alpha value is -5.13. The standard InChI is InChI=1S/C66H90N4O9S3/c1-8-9-10-11-12-13-14-15-16-17-18-19-20-21-22-28-46-68-57-40-38-53(81(74,75)67(6)7)48-55(57)65(2,3)59(68)42-36-50-31-30-32-51(64(50)80-52-33-25-23-26-34-52)37-43-60-66(4,5)56-49-54(82(76,77)78)39-41-58(56)69(60)47-29-24-27-35-63(73)79-70-61(71)44-45-62(70)72/h23,25-26,33-34,36-43,48-49H,8-22,24,27-32,35,44-47H2,1-7H3. The van der Waals surface area contributed by atoms with Gasteiger partial charge in [-0.2, -0.15) is 4.58 Å². The summed E-state index contributed by atoms with van der Waals surface area (Å²) in [5, 5.41) is 0.572. The van der Waals surface area contributed by atoms with Crippen LogP contribution in [0.15, 0.2) is 127 Å². The predicted molar refractivity (Wildman–Crippen MR) is 329 cm³/mol. The average Bonchev–Trinajstić information content (AvgIpc) is 4.10. The van der Waals surface area contributed by atoms with Crippen molar-refractivity contribution in [2.45, 2.75) is 221 Å². The first-order valence-electron chi connectivity index (χ1n) is 30.4. The molecule has 4 aliphatic rings. The minimum atomic E-state index is -4.73. The number of thioether (sulfide) groups is 1. The third-order valence-corrected chi connectivity index (χ3v) is 20.7. The molecule has 1 fully saturated rings. The first-order valence-corrected chi connectivity index (χ1v) is 34.0. The Kier molecular flexibility index (Phi) is 23.3. The number of unbranched alkanes of at least 4 members (excludes halogenated alkanes) is 17. The van der Waals surface area contributed by atoms with Gasteiger partial charge >= 0.3 is 5.97 Å². The van der Waals surface area contributed by atoms with E-state index in [1.165, 1.54) is 112 Å². The van der Waals surface area contributed by atoms with Gasteiger partial charge in [0.1, 0.15) is 16.7 Å². The molecule has 0 N–H and O–H groups in total. The second-order valence-electron chi connectivity index (χ2n) is 23.9. The third-order valence-electron chi connectivity index (χ3n) is 16.8. The van der Waals surface area contributed by atoms with Crippen LogP contribution in [-0.2, 0) is 50.2 Å². The highest BCUT2D eigenvalue weighted by Gasteiger charge is 2.45. The number of amides is 2. The van der Waals surface area contributed by atoms with Crippen LogP contribution in [0.4, 0.5) is 11.4 Å². The SMILES string of the molecule is CCCCCCCCCCCCCCCCCC[N+]1=C(/C=C/C2=C(Sc3ccccc3)C(=C/C=C3/N(CCCCCC(=O)ON4C(=O)CCC4=O)c4ccc(S(=O)(=O)[O-])cc4C3(C)C)/CCC2)C(C)(C)c2cc(S(=O)(=O)N(C)C)ccc21. The quantitative estimate of drug-likeness (QED) is 0.0253. The summed E-state index contributed by atoms with van der Waals surface area (Å²) in [7, 11) is -5.26. The molecule has 3 aliphatic heterocycles. The first-order chi connectivity index (χ1) is 39.2. The molecule has 16 heteroatoms. The van der Waals surface area contributed by atoms with E-state index >= 15 is 0 Å². The maximum atomic E-state index is 13.5. The number of carbonyl (C=O) groups is 3. The van der Waals surface area contributed by atoms with Gasteiger partial charge in [0.25, 0.3) is 11.8 Å². The van der Waals surface area contributed by atoms with Gasteiger partial charge in [0.15, 0.2) is 5.71 Å². The monoisotopic (exact) mass is 1180 g/mol. The van der Waals surface area contributed by atoms with E-state index in [1.54, 1.807) is 38.0 Å². The molecule has 13 nitrogen and oxygen atoms in total. The van der Waals surface area contributed by atoms with Gasteiger partial charge in [-0.25, -0.2) is 25.9 Å². The number of rotatable bonds is 32. The molecule has 3 aromatic carbocycles. The Bertz CT molecular complexity index is 3120. The summed E-state index contributed by atoms with van der Waals surface area (Å²) < 4.78 is 67.9. The van der Waals surface area contributed by atoms with Crippen LogP contribution in [0.2, 0.25) is 0 Å². The zero-order chi connectivity index (χ0) is 59.1. The van der Waals surface area contributed by atoms with Crippen LogP contribution < -0.4 is 4.90 Å².